The maximum atomic E-state index is 9.49. The molecule has 0 aliphatic carbocycles. The Kier molecular flexibility index (Phi) is 21.0. The van der Waals surface area contributed by atoms with Crippen LogP contribution in [0.15, 0.2) is 0 Å². The number of amides is 1. The third-order valence-corrected chi connectivity index (χ3v) is 0.275. The molecule has 6 heteroatoms. The fourth-order valence-corrected chi connectivity index (χ4v) is 0.131. The largest absolute Gasteiger partial charge is 1.00 e. The Bertz CT molecular complexity index is 113. The summed E-state index contributed by atoms with van der Waals surface area (Å²) in [5, 5.41) is 8.89. The molecular weight excluding hydrogens is 224 g/mol. The zero-order valence-corrected chi connectivity index (χ0v) is 11.8. The van der Waals surface area contributed by atoms with Gasteiger partial charge in [0.15, 0.2) is 0 Å². The molecule has 11 heavy (non-hydrogen) atoms. The summed E-state index contributed by atoms with van der Waals surface area (Å²) >= 11 is 0. The molecule has 0 radical (unpaired) electrons. The Balaban J connectivity index is -0.000000114. The molecule has 0 spiro atoms. The van der Waals surface area contributed by atoms with Crippen LogP contribution >= 0.6 is 0 Å². The molecule has 0 aromatic heterocycles. The fraction of sp³-hybridized carbons (Fsp3) is 0.600. The maximum absolute atomic E-state index is 9.49. The Morgan fingerprint density at radius 3 is 1.82 bits per heavy atom. The molecule has 60 valence electrons. The van der Waals surface area contributed by atoms with Gasteiger partial charge in [0.25, 0.3) is 0 Å². The van der Waals surface area contributed by atoms with E-state index >= 15 is 0 Å². The van der Waals surface area contributed by atoms with Crippen LogP contribution in [0.1, 0.15) is 13.8 Å². The van der Waals surface area contributed by atoms with Gasteiger partial charge in [-0.3, -0.25) is 4.79 Å². The predicted molar refractivity (Wildman–Crippen MR) is 32.0 cm³/mol. The minimum absolute atomic E-state index is 0. The molecule has 0 aliphatic rings. The van der Waals surface area contributed by atoms with Gasteiger partial charge in [-0.2, -0.15) is 0 Å². The smallest absolute Gasteiger partial charge is 0.632 e. The van der Waals surface area contributed by atoms with E-state index in [2.05, 4.69) is 4.74 Å². The number of nitrogens with one attached hydrogen (secondary N) is 1. The molecule has 0 saturated carbocycles. The van der Waals surface area contributed by atoms with Crippen molar-refractivity contribution in [1.82, 2.24) is 0 Å². The van der Waals surface area contributed by atoms with Crippen molar-refractivity contribution >= 4 is 12.1 Å². The normalized spacial score (nSPS) is 6.36. The molecular formula is C5H9NO4Rb-. The van der Waals surface area contributed by atoms with Crippen LogP contribution in [0.4, 0.5) is 4.79 Å². The van der Waals surface area contributed by atoms with E-state index in [0.717, 1.165) is 6.92 Å². The molecule has 0 aromatic rings. The van der Waals surface area contributed by atoms with Gasteiger partial charge in [-0.15, -0.1) is 0 Å². The Morgan fingerprint density at radius 2 is 1.82 bits per heavy atom. The van der Waals surface area contributed by atoms with Crippen molar-refractivity contribution in [3.63, 3.8) is 0 Å². The molecule has 0 aliphatic heterocycles. The molecule has 0 bridgehead atoms. The molecule has 0 atom stereocenters. The van der Waals surface area contributed by atoms with Gasteiger partial charge >= 0.3 is 58.2 Å². The quantitative estimate of drug-likeness (QED) is 0.481. The van der Waals surface area contributed by atoms with Gasteiger partial charge in [0.1, 0.15) is 0 Å². The number of ether oxygens (including phenoxy) is 1. The van der Waals surface area contributed by atoms with Crippen molar-refractivity contribution in [3.05, 3.63) is 5.73 Å². The molecule has 0 fully saturated rings. The molecule has 1 amide bonds. The van der Waals surface area contributed by atoms with E-state index in [1.54, 1.807) is 6.92 Å². The van der Waals surface area contributed by atoms with Gasteiger partial charge in [-0.05, 0) is 13.8 Å². The third kappa shape index (κ3) is 61.3. The number of carbonyl (C=O) groups is 2. The molecule has 0 rings (SSSR count). The Morgan fingerprint density at radius 1 is 1.55 bits per heavy atom. The number of carbonyl (C=O) groups excluding carboxylic acids is 2. The van der Waals surface area contributed by atoms with Gasteiger partial charge < -0.3 is 20.4 Å². The standard InChI is InChI=1S/C3H7NO2.C2H4O2.Rb/c1-2-6-3(4)5;1-2(3)4;/h2H2,1H3,(H2,4,5);1H3,(H,3,4);/q;;+1/p-2. The van der Waals surface area contributed by atoms with Gasteiger partial charge in [-0.25, -0.2) is 0 Å². The van der Waals surface area contributed by atoms with E-state index in [4.69, 9.17) is 15.6 Å². The van der Waals surface area contributed by atoms with Gasteiger partial charge in [-0.1, -0.05) is 0 Å². The first-order valence-corrected chi connectivity index (χ1v) is 2.56. The predicted octanol–water partition coefficient (Wildman–Crippen LogP) is -3.04. The molecule has 5 nitrogen and oxygen atoms in total. The number of hydrogen-bond acceptors (Lipinski definition) is 4. The summed E-state index contributed by atoms with van der Waals surface area (Å²) in [7, 11) is 0. The summed E-state index contributed by atoms with van der Waals surface area (Å²) in [6, 6.07) is 0. The fourth-order valence-electron chi connectivity index (χ4n) is 0.131. The van der Waals surface area contributed by atoms with Crippen LogP contribution in [-0.4, -0.2) is 18.7 Å². The Hall–Kier alpha value is 0.545. The summed E-state index contributed by atoms with van der Waals surface area (Å²) in [5.74, 6) is -1.08. The van der Waals surface area contributed by atoms with E-state index in [1.807, 2.05) is 0 Å². The number of aliphatic carboxylic acids is 1. The number of carboxylic acid groups (broad SMARTS) is 1. The maximum Gasteiger partial charge on any atom is 1.00 e. The monoisotopic (exact) mass is 232 g/mol. The first kappa shape index (κ1) is 17.6. The summed E-state index contributed by atoms with van der Waals surface area (Å²) in [6.45, 7) is 2.93. The van der Waals surface area contributed by atoms with Crippen molar-refractivity contribution in [2.24, 2.45) is 0 Å². The minimum atomic E-state index is -1.08. The number of hydrogen-bond donors (Lipinski definition) is 0. The van der Waals surface area contributed by atoms with Crippen LogP contribution in [0.25, 0.3) is 5.73 Å². The van der Waals surface area contributed by atoms with Crippen LogP contribution in [0.5, 0.6) is 0 Å². The second kappa shape index (κ2) is 13.2. The van der Waals surface area contributed by atoms with Crippen molar-refractivity contribution in [2.75, 3.05) is 6.61 Å². The number of rotatable bonds is 1. The van der Waals surface area contributed by atoms with Gasteiger partial charge in [0.05, 0.1) is 6.61 Å². The van der Waals surface area contributed by atoms with E-state index in [1.165, 1.54) is 0 Å². The second-order valence-electron chi connectivity index (χ2n) is 1.21. The van der Waals surface area contributed by atoms with Crippen LogP contribution in [0.2, 0.25) is 0 Å². The molecule has 0 unspecified atom stereocenters. The number of carboxylic acids is 1. The minimum Gasteiger partial charge on any atom is -0.632 e. The average molecular weight is 233 g/mol. The zero-order chi connectivity index (χ0) is 8.57. The molecule has 0 saturated heterocycles. The first-order valence-electron chi connectivity index (χ1n) is 2.56. The molecule has 0 heterocycles. The molecule has 0 aromatic carbocycles. The van der Waals surface area contributed by atoms with Crippen LogP contribution in [0.3, 0.4) is 0 Å². The van der Waals surface area contributed by atoms with E-state index in [-0.39, 0.29) is 58.2 Å². The second-order valence-corrected chi connectivity index (χ2v) is 1.21. The zero-order valence-electron chi connectivity index (χ0n) is 6.84. The molecule has 1 N–H and O–H groups in total. The SMILES string of the molecule is CC(=O)[O-].CCOC([NH-])=O.[Rb+]. The summed E-state index contributed by atoms with van der Waals surface area (Å²) in [5.41, 5.74) is 6.12. The van der Waals surface area contributed by atoms with Crippen LogP contribution in [0, 0.1) is 0 Å². The Labute approximate surface area is 114 Å². The van der Waals surface area contributed by atoms with Crippen molar-refractivity contribution in [3.8, 4) is 0 Å². The van der Waals surface area contributed by atoms with E-state index < -0.39 is 12.1 Å². The topological polar surface area (TPSA) is 90.2 Å². The van der Waals surface area contributed by atoms with E-state index in [9.17, 15) is 4.79 Å². The van der Waals surface area contributed by atoms with Crippen molar-refractivity contribution in [1.29, 1.82) is 0 Å². The van der Waals surface area contributed by atoms with Crippen LogP contribution in [-0.2, 0) is 9.53 Å². The summed E-state index contributed by atoms with van der Waals surface area (Å²) < 4.78 is 4.07. The van der Waals surface area contributed by atoms with Crippen LogP contribution < -0.4 is 63.3 Å². The first-order chi connectivity index (χ1) is 4.50. The third-order valence-electron chi connectivity index (χ3n) is 0.275. The average Bonchev–Trinajstić information content (AvgIpc) is 1.62. The van der Waals surface area contributed by atoms with Gasteiger partial charge in [0, 0.05) is 5.97 Å². The van der Waals surface area contributed by atoms with E-state index in [0.29, 0.717) is 6.61 Å². The van der Waals surface area contributed by atoms with Crippen molar-refractivity contribution < 1.29 is 77.6 Å². The van der Waals surface area contributed by atoms with Crippen molar-refractivity contribution in [2.45, 2.75) is 13.8 Å². The summed E-state index contributed by atoms with van der Waals surface area (Å²) in [4.78, 5) is 18.4. The summed E-state index contributed by atoms with van der Waals surface area (Å²) in [6.07, 6.45) is -0.961. The van der Waals surface area contributed by atoms with Gasteiger partial charge in [0.2, 0.25) is 6.09 Å².